The molecular weight excluding hydrogens is 196 g/mol. The Kier molecular flexibility index (Phi) is 3.39. The molecule has 0 aliphatic carbocycles. The van der Waals surface area contributed by atoms with Crippen LogP contribution in [0.4, 0.5) is 0 Å². The summed E-state index contributed by atoms with van der Waals surface area (Å²) in [4.78, 5) is 23.8. The van der Waals surface area contributed by atoms with Gasteiger partial charge in [-0.05, 0) is 6.92 Å². The molecule has 0 radical (unpaired) electrons. The van der Waals surface area contributed by atoms with Gasteiger partial charge in [-0.1, -0.05) is 0 Å². The summed E-state index contributed by atoms with van der Waals surface area (Å²) in [5.41, 5.74) is 2.53. The van der Waals surface area contributed by atoms with E-state index in [-0.39, 0.29) is 18.2 Å². The smallest absolute Gasteiger partial charge is 0.270 e. The minimum atomic E-state index is -0.502. The van der Waals surface area contributed by atoms with Gasteiger partial charge >= 0.3 is 0 Å². The highest BCUT2D eigenvalue weighted by molar-refractivity contribution is 6.39. The van der Waals surface area contributed by atoms with E-state index in [1.54, 1.807) is 6.92 Å². The normalized spacial score (nSPS) is 17.1. The van der Waals surface area contributed by atoms with Crippen LogP contribution in [0.2, 0.25) is 0 Å². The van der Waals surface area contributed by atoms with Gasteiger partial charge in [-0.2, -0.15) is 10.4 Å². The minimum Gasteiger partial charge on any atom is -0.325 e. The van der Waals surface area contributed by atoms with Crippen LogP contribution < -0.4 is 5.43 Å². The number of nitriles is 1. The summed E-state index contributed by atoms with van der Waals surface area (Å²) in [6.07, 6.45) is 0.590. The Morgan fingerprint density at radius 2 is 2.33 bits per heavy atom. The largest absolute Gasteiger partial charge is 0.325 e. The van der Waals surface area contributed by atoms with Crippen LogP contribution in [0.3, 0.4) is 0 Å². The lowest BCUT2D eigenvalue weighted by molar-refractivity contribution is -0.124. The SMILES string of the molecule is CC(C#N)N(C)C(=O)C1=NNC(=O)CC1. The fraction of sp³-hybridized carbons (Fsp3) is 0.556. The van der Waals surface area contributed by atoms with Gasteiger partial charge < -0.3 is 4.90 Å². The standard InChI is InChI=1S/C9H12N4O2/c1-6(5-10)13(2)9(15)7-3-4-8(14)12-11-7/h6H,3-4H2,1-2H3,(H,12,14). The molecule has 1 aliphatic rings. The van der Waals surface area contributed by atoms with Gasteiger partial charge in [0.25, 0.3) is 5.91 Å². The molecule has 15 heavy (non-hydrogen) atoms. The Morgan fingerprint density at radius 1 is 1.67 bits per heavy atom. The van der Waals surface area contributed by atoms with Gasteiger partial charge in [0.1, 0.15) is 11.8 Å². The molecule has 1 rings (SSSR count). The number of rotatable bonds is 2. The summed E-state index contributed by atoms with van der Waals surface area (Å²) in [6.45, 7) is 1.62. The second kappa shape index (κ2) is 4.55. The first-order valence-corrected chi connectivity index (χ1v) is 4.58. The van der Waals surface area contributed by atoms with E-state index < -0.39 is 6.04 Å². The summed E-state index contributed by atoms with van der Waals surface area (Å²) < 4.78 is 0. The van der Waals surface area contributed by atoms with Gasteiger partial charge in [0.15, 0.2) is 0 Å². The molecule has 0 saturated carbocycles. The van der Waals surface area contributed by atoms with Crippen molar-refractivity contribution in [2.75, 3.05) is 7.05 Å². The molecule has 0 bridgehead atoms. The highest BCUT2D eigenvalue weighted by atomic mass is 16.2. The topological polar surface area (TPSA) is 85.6 Å². The van der Waals surface area contributed by atoms with Gasteiger partial charge in [-0.15, -0.1) is 0 Å². The molecule has 0 aromatic carbocycles. The van der Waals surface area contributed by atoms with E-state index in [1.807, 2.05) is 6.07 Å². The number of hydrogen-bond donors (Lipinski definition) is 1. The fourth-order valence-corrected chi connectivity index (χ4v) is 1.09. The summed E-state index contributed by atoms with van der Waals surface area (Å²) in [5, 5.41) is 12.3. The molecule has 0 spiro atoms. The first-order valence-electron chi connectivity index (χ1n) is 4.58. The van der Waals surface area contributed by atoms with Crippen LogP contribution in [0.25, 0.3) is 0 Å². The highest BCUT2D eigenvalue weighted by Gasteiger charge is 2.23. The number of nitrogens with zero attached hydrogens (tertiary/aromatic N) is 3. The average molecular weight is 208 g/mol. The lowest BCUT2D eigenvalue weighted by Crippen LogP contribution is -2.41. The molecule has 1 atom stereocenters. The van der Waals surface area contributed by atoms with Crippen LogP contribution >= 0.6 is 0 Å². The molecule has 0 saturated heterocycles. The van der Waals surface area contributed by atoms with E-state index >= 15 is 0 Å². The molecule has 0 fully saturated rings. The molecule has 6 nitrogen and oxygen atoms in total. The third kappa shape index (κ3) is 2.53. The van der Waals surface area contributed by atoms with Gasteiger partial charge in [-0.3, -0.25) is 9.59 Å². The Balaban J connectivity index is 2.70. The molecule has 0 aromatic rings. The van der Waals surface area contributed by atoms with Crippen LogP contribution in [0.15, 0.2) is 5.10 Å². The molecule has 1 N–H and O–H groups in total. The summed E-state index contributed by atoms with van der Waals surface area (Å²) in [5.74, 6) is -0.508. The Bertz CT molecular complexity index is 356. The van der Waals surface area contributed by atoms with Crippen molar-refractivity contribution in [3.63, 3.8) is 0 Å². The maximum atomic E-state index is 11.7. The van der Waals surface area contributed by atoms with Crippen molar-refractivity contribution in [2.45, 2.75) is 25.8 Å². The fourth-order valence-electron chi connectivity index (χ4n) is 1.09. The molecule has 1 heterocycles. The molecule has 80 valence electrons. The third-order valence-electron chi connectivity index (χ3n) is 2.24. The molecule has 0 aromatic heterocycles. The number of carbonyl (C=O) groups excluding carboxylic acids is 2. The number of nitrogens with one attached hydrogen (secondary N) is 1. The highest BCUT2D eigenvalue weighted by Crippen LogP contribution is 2.04. The number of amides is 2. The van der Waals surface area contributed by atoms with Crippen molar-refractivity contribution in [3.05, 3.63) is 0 Å². The predicted molar refractivity (Wildman–Crippen MR) is 52.7 cm³/mol. The van der Waals surface area contributed by atoms with Crippen molar-refractivity contribution in [1.82, 2.24) is 10.3 Å². The van der Waals surface area contributed by atoms with Crippen molar-refractivity contribution >= 4 is 17.5 Å². The third-order valence-corrected chi connectivity index (χ3v) is 2.24. The first kappa shape index (κ1) is 11.2. The van der Waals surface area contributed by atoms with Crippen molar-refractivity contribution in [1.29, 1.82) is 5.26 Å². The van der Waals surface area contributed by atoms with Crippen LogP contribution in [-0.2, 0) is 9.59 Å². The Labute approximate surface area is 87.5 Å². The van der Waals surface area contributed by atoms with Gasteiger partial charge in [-0.25, -0.2) is 5.43 Å². The van der Waals surface area contributed by atoms with Crippen LogP contribution in [0.5, 0.6) is 0 Å². The van der Waals surface area contributed by atoms with Crippen LogP contribution in [0, 0.1) is 11.3 Å². The van der Waals surface area contributed by atoms with E-state index in [0.29, 0.717) is 12.1 Å². The van der Waals surface area contributed by atoms with Gasteiger partial charge in [0.2, 0.25) is 5.91 Å². The predicted octanol–water partition coefficient (Wildman–Crippen LogP) is -0.377. The monoisotopic (exact) mass is 208 g/mol. The van der Waals surface area contributed by atoms with E-state index in [9.17, 15) is 9.59 Å². The average Bonchev–Trinajstić information content (AvgIpc) is 2.27. The second-order valence-corrected chi connectivity index (χ2v) is 3.31. The number of hydrogen-bond acceptors (Lipinski definition) is 4. The maximum absolute atomic E-state index is 11.7. The summed E-state index contributed by atoms with van der Waals surface area (Å²) in [6, 6.07) is 1.45. The minimum absolute atomic E-state index is 0.192. The van der Waals surface area contributed by atoms with E-state index in [2.05, 4.69) is 10.5 Å². The van der Waals surface area contributed by atoms with Crippen molar-refractivity contribution in [3.8, 4) is 6.07 Å². The van der Waals surface area contributed by atoms with E-state index in [4.69, 9.17) is 5.26 Å². The lowest BCUT2D eigenvalue weighted by atomic mass is 10.1. The molecule has 2 amide bonds. The molecule has 1 unspecified atom stereocenters. The zero-order valence-corrected chi connectivity index (χ0v) is 8.65. The lowest BCUT2D eigenvalue weighted by Gasteiger charge is -2.21. The van der Waals surface area contributed by atoms with Crippen molar-refractivity contribution < 1.29 is 9.59 Å². The zero-order valence-electron chi connectivity index (χ0n) is 8.65. The summed E-state index contributed by atoms with van der Waals surface area (Å²) >= 11 is 0. The first-order chi connectivity index (χ1) is 7.06. The van der Waals surface area contributed by atoms with Gasteiger partial charge in [0, 0.05) is 19.9 Å². The quantitative estimate of drug-likeness (QED) is 0.671. The van der Waals surface area contributed by atoms with Crippen LogP contribution in [-0.4, -0.2) is 35.5 Å². The summed E-state index contributed by atoms with van der Waals surface area (Å²) in [7, 11) is 1.54. The zero-order chi connectivity index (χ0) is 11.4. The number of carbonyl (C=O) groups is 2. The maximum Gasteiger partial charge on any atom is 0.270 e. The van der Waals surface area contributed by atoms with Crippen molar-refractivity contribution in [2.24, 2.45) is 5.10 Å². The molecular formula is C9H12N4O2. The number of hydrazone groups is 1. The van der Waals surface area contributed by atoms with E-state index in [1.165, 1.54) is 11.9 Å². The van der Waals surface area contributed by atoms with Crippen LogP contribution in [0.1, 0.15) is 19.8 Å². The van der Waals surface area contributed by atoms with E-state index in [0.717, 1.165) is 0 Å². The van der Waals surface area contributed by atoms with Gasteiger partial charge in [0.05, 0.1) is 6.07 Å². The molecule has 1 aliphatic heterocycles. The second-order valence-electron chi connectivity index (χ2n) is 3.31. The Hall–Kier alpha value is -1.90. The Morgan fingerprint density at radius 3 is 2.80 bits per heavy atom. The molecule has 6 heteroatoms.